The molecule has 0 spiro atoms. The molecule has 3 aromatic rings. The molecule has 7 nitrogen and oxygen atoms in total. The number of nitrogens with zero attached hydrogens (tertiary/aromatic N) is 4. The van der Waals surface area contributed by atoms with Crippen LogP contribution in [0, 0.1) is 0 Å². The molecule has 1 amide bonds. The van der Waals surface area contributed by atoms with E-state index in [2.05, 4.69) is 15.1 Å². The SMILES string of the molecule is COc1ccccc1-c1noc([C@H]2CCCN2C(=O)c2cccnc2SC)n1. The highest BCUT2D eigenvalue weighted by Gasteiger charge is 2.35. The number of carbonyl (C=O) groups excluding carboxylic acids is 1. The topological polar surface area (TPSA) is 81.4 Å². The summed E-state index contributed by atoms with van der Waals surface area (Å²) >= 11 is 1.46. The Kier molecular flexibility index (Phi) is 5.29. The number of likely N-dealkylation sites (tertiary alicyclic amines) is 1. The summed E-state index contributed by atoms with van der Waals surface area (Å²) in [6.07, 6.45) is 5.28. The number of thioether (sulfide) groups is 1. The third-order valence-electron chi connectivity index (χ3n) is 4.78. The van der Waals surface area contributed by atoms with Gasteiger partial charge in [0.2, 0.25) is 11.7 Å². The summed E-state index contributed by atoms with van der Waals surface area (Å²) in [5, 5.41) is 4.84. The van der Waals surface area contributed by atoms with E-state index in [4.69, 9.17) is 9.26 Å². The molecule has 8 heteroatoms. The summed E-state index contributed by atoms with van der Waals surface area (Å²) in [6, 6.07) is 10.9. The fourth-order valence-electron chi connectivity index (χ4n) is 3.45. The molecule has 4 rings (SSSR count). The molecule has 1 aromatic carbocycles. The van der Waals surface area contributed by atoms with Crippen molar-refractivity contribution < 1.29 is 14.1 Å². The maximum atomic E-state index is 13.2. The van der Waals surface area contributed by atoms with Crippen molar-refractivity contribution >= 4 is 17.7 Å². The minimum absolute atomic E-state index is 0.0583. The molecule has 2 aromatic heterocycles. The van der Waals surface area contributed by atoms with E-state index >= 15 is 0 Å². The van der Waals surface area contributed by atoms with Gasteiger partial charge < -0.3 is 14.2 Å². The zero-order valence-corrected chi connectivity index (χ0v) is 16.5. The molecule has 0 N–H and O–H groups in total. The van der Waals surface area contributed by atoms with Crippen LogP contribution < -0.4 is 4.74 Å². The van der Waals surface area contributed by atoms with E-state index in [0.717, 1.165) is 23.4 Å². The van der Waals surface area contributed by atoms with Crippen LogP contribution in [0.1, 0.15) is 35.1 Å². The molecule has 0 unspecified atom stereocenters. The number of methoxy groups -OCH3 is 1. The first-order valence-corrected chi connectivity index (χ1v) is 10.2. The zero-order valence-electron chi connectivity index (χ0n) is 15.7. The average Bonchev–Trinajstić information content (AvgIpc) is 3.42. The molecular weight excluding hydrogens is 376 g/mol. The highest BCUT2D eigenvalue weighted by molar-refractivity contribution is 7.98. The van der Waals surface area contributed by atoms with Gasteiger partial charge >= 0.3 is 0 Å². The van der Waals surface area contributed by atoms with Gasteiger partial charge in [0.1, 0.15) is 16.8 Å². The number of amides is 1. The minimum Gasteiger partial charge on any atom is -0.496 e. The number of pyridine rings is 1. The van der Waals surface area contributed by atoms with Crippen LogP contribution in [-0.4, -0.2) is 45.8 Å². The summed E-state index contributed by atoms with van der Waals surface area (Å²) in [5.41, 5.74) is 1.36. The second kappa shape index (κ2) is 8.02. The molecule has 1 aliphatic heterocycles. The normalized spacial score (nSPS) is 16.4. The summed E-state index contributed by atoms with van der Waals surface area (Å²) in [5.74, 6) is 1.52. The lowest BCUT2D eigenvalue weighted by Crippen LogP contribution is -2.31. The Labute approximate surface area is 167 Å². The van der Waals surface area contributed by atoms with E-state index in [0.29, 0.717) is 29.6 Å². The highest BCUT2D eigenvalue weighted by Crippen LogP contribution is 2.35. The largest absolute Gasteiger partial charge is 0.496 e. The Morgan fingerprint density at radius 2 is 2.14 bits per heavy atom. The number of ether oxygens (including phenoxy) is 1. The van der Waals surface area contributed by atoms with Crippen molar-refractivity contribution in [1.82, 2.24) is 20.0 Å². The fourth-order valence-corrected chi connectivity index (χ4v) is 3.99. The van der Waals surface area contributed by atoms with E-state index in [1.807, 2.05) is 36.6 Å². The smallest absolute Gasteiger partial charge is 0.257 e. The molecule has 1 fully saturated rings. The van der Waals surface area contributed by atoms with E-state index in [1.54, 1.807) is 24.3 Å². The molecule has 0 radical (unpaired) electrons. The third-order valence-corrected chi connectivity index (χ3v) is 5.50. The standard InChI is InChI=1S/C20H20N4O3S/c1-26-16-10-4-3-7-13(16)17-22-18(27-23-17)15-9-6-12-24(15)20(25)14-8-5-11-21-19(14)28-2/h3-5,7-8,10-11,15H,6,9,12H2,1-2H3/t15-/m1/s1. The summed E-state index contributed by atoms with van der Waals surface area (Å²) in [6.45, 7) is 0.651. The maximum absolute atomic E-state index is 13.2. The second-order valence-electron chi connectivity index (χ2n) is 6.37. The van der Waals surface area contributed by atoms with Crippen molar-refractivity contribution in [3.8, 4) is 17.1 Å². The minimum atomic E-state index is -0.238. The van der Waals surface area contributed by atoms with Crippen LogP contribution in [0.15, 0.2) is 52.1 Å². The molecule has 0 bridgehead atoms. The maximum Gasteiger partial charge on any atom is 0.257 e. The van der Waals surface area contributed by atoms with Gasteiger partial charge in [0, 0.05) is 12.7 Å². The van der Waals surface area contributed by atoms with Crippen LogP contribution in [0.25, 0.3) is 11.4 Å². The van der Waals surface area contributed by atoms with Gasteiger partial charge in [0.15, 0.2) is 0 Å². The van der Waals surface area contributed by atoms with Crippen LogP contribution >= 0.6 is 11.8 Å². The van der Waals surface area contributed by atoms with Crippen LogP contribution in [-0.2, 0) is 0 Å². The lowest BCUT2D eigenvalue weighted by Gasteiger charge is -2.22. The molecular formula is C20H20N4O3S. The molecule has 3 heterocycles. The van der Waals surface area contributed by atoms with Crippen LogP contribution in [0.4, 0.5) is 0 Å². The first-order valence-electron chi connectivity index (χ1n) is 9.00. The number of aromatic nitrogens is 3. The van der Waals surface area contributed by atoms with Gasteiger partial charge in [-0.3, -0.25) is 4.79 Å². The van der Waals surface area contributed by atoms with Gasteiger partial charge in [0.25, 0.3) is 5.91 Å². The molecule has 144 valence electrons. The predicted molar refractivity (Wildman–Crippen MR) is 105 cm³/mol. The van der Waals surface area contributed by atoms with E-state index in [9.17, 15) is 4.79 Å². The number of carbonyl (C=O) groups is 1. The molecule has 28 heavy (non-hydrogen) atoms. The van der Waals surface area contributed by atoms with Crippen molar-refractivity contribution in [2.24, 2.45) is 0 Å². The van der Waals surface area contributed by atoms with Crippen molar-refractivity contribution in [3.63, 3.8) is 0 Å². The predicted octanol–water partition coefficient (Wildman–Crippen LogP) is 3.84. The van der Waals surface area contributed by atoms with Gasteiger partial charge in [-0.15, -0.1) is 11.8 Å². The van der Waals surface area contributed by atoms with E-state index in [-0.39, 0.29) is 11.9 Å². The Bertz CT molecular complexity index is 991. The fraction of sp³-hybridized carbons (Fsp3) is 0.300. The van der Waals surface area contributed by atoms with Gasteiger partial charge in [-0.1, -0.05) is 17.3 Å². The lowest BCUT2D eigenvalue weighted by molar-refractivity contribution is 0.0705. The van der Waals surface area contributed by atoms with Gasteiger partial charge in [-0.05, 0) is 43.4 Å². The zero-order chi connectivity index (χ0) is 19.5. The van der Waals surface area contributed by atoms with Crippen LogP contribution in [0.2, 0.25) is 0 Å². The van der Waals surface area contributed by atoms with Gasteiger partial charge in [0.05, 0.1) is 18.2 Å². The number of benzene rings is 1. The van der Waals surface area contributed by atoms with Crippen LogP contribution in [0.5, 0.6) is 5.75 Å². The van der Waals surface area contributed by atoms with E-state index in [1.165, 1.54) is 11.8 Å². The number of hydrogen-bond acceptors (Lipinski definition) is 7. The van der Waals surface area contributed by atoms with Crippen molar-refractivity contribution in [2.45, 2.75) is 23.9 Å². The Balaban J connectivity index is 1.63. The Hall–Kier alpha value is -2.87. The van der Waals surface area contributed by atoms with Gasteiger partial charge in [-0.2, -0.15) is 4.98 Å². The summed E-state index contributed by atoms with van der Waals surface area (Å²) < 4.78 is 10.9. The highest BCUT2D eigenvalue weighted by atomic mass is 32.2. The molecule has 0 aliphatic carbocycles. The molecule has 1 saturated heterocycles. The Morgan fingerprint density at radius 1 is 1.29 bits per heavy atom. The van der Waals surface area contributed by atoms with E-state index < -0.39 is 0 Å². The number of hydrogen-bond donors (Lipinski definition) is 0. The average molecular weight is 396 g/mol. The molecule has 1 atom stereocenters. The quantitative estimate of drug-likeness (QED) is 0.606. The lowest BCUT2D eigenvalue weighted by atomic mass is 10.2. The molecule has 0 saturated carbocycles. The first kappa shape index (κ1) is 18.5. The summed E-state index contributed by atoms with van der Waals surface area (Å²) in [7, 11) is 1.61. The third kappa shape index (κ3) is 3.35. The monoisotopic (exact) mass is 396 g/mol. The van der Waals surface area contributed by atoms with Crippen molar-refractivity contribution in [3.05, 3.63) is 54.0 Å². The van der Waals surface area contributed by atoms with Gasteiger partial charge in [-0.25, -0.2) is 4.98 Å². The number of rotatable bonds is 5. The van der Waals surface area contributed by atoms with Crippen molar-refractivity contribution in [2.75, 3.05) is 19.9 Å². The van der Waals surface area contributed by atoms with Crippen LogP contribution in [0.3, 0.4) is 0 Å². The summed E-state index contributed by atoms with van der Waals surface area (Å²) in [4.78, 5) is 23.8. The number of para-hydroxylation sites is 1. The molecule has 1 aliphatic rings. The second-order valence-corrected chi connectivity index (χ2v) is 7.17. The first-order chi connectivity index (χ1) is 13.7. The van der Waals surface area contributed by atoms with Crippen molar-refractivity contribution in [1.29, 1.82) is 0 Å². The Morgan fingerprint density at radius 3 is 2.96 bits per heavy atom.